The third-order valence-corrected chi connectivity index (χ3v) is 11.9. The Morgan fingerprint density at radius 1 is 0.560 bits per heavy atom. The molecule has 1 aliphatic carbocycles. The summed E-state index contributed by atoms with van der Waals surface area (Å²) in [6, 6.07) is 29.7. The second kappa shape index (κ2) is 16.2. The van der Waals surface area contributed by atoms with E-state index in [4.69, 9.17) is 0 Å². The molecule has 5 aromatic rings. The van der Waals surface area contributed by atoms with Gasteiger partial charge in [-0.1, -0.05) is 117 Å². The van der Waals surface area contributed by atoms with Gasteiger partial charge in [-0.3, -0.25) is 6.08 Å². The molecule has 0 saturated carbocycles. The fourth-order valence-electron chi connectivity index (χ4n) is 6.33. The summed E-state index contributed by atoms with van der Waals surface area (Å²) in [6.07, 6.45) is 10.0. The number of allylic oxidation sites excluding steroid dienone is 4. The predicted octanol–water partition coefficient (Wildman–Crippen LogP) is 14.2. The van der Waals surface area contributed by atoms with Crippen LogP contribution in [-0.2, 0) is 45.9 Å². The summed E-state index contributed by atoms with van der Waals surface area (Å²) in [6.45, 7) is 28.0. The average molecular weight is 964 g/mol. The molecule has 0 radical (unpaired) electrons. The Morgan fingerprint density at radius 2 is 0.900 bits per heavy atom. The van der Waals surface area contributed by atoms with Gasteiger partial charge in [-0.25, -0.2) is 12.2 Å². The van der Waals surface area contributed by atoms with Gasteiger partial charge in [0.05, 0.1) is 0 Å². The van der Waals surface area contributed by atoms with Crippen LogP contribution in [-0.4, -0.2) is 3.21 Å². The van der Waals surface area contributed by atoms with Gasteiger partial charge in [0.2, 0.25) is 0 Å². The molecule has 3 heteroatoms. The molecule has 0 aliphatic heterocycles. The molecule has 0 spiro atoms. The number of hydrogen-bond donors (Lipinski definition) is 0. The zero-order valence-electron chi connectivity index (χ0n) is 32.2. The zero-order chi connectivity index (χ0) is 37.2. The number of hydrogen-bond acceptors (Lipinski definition) is 0. The van der Waals surface area contributed by atoms with Crippen LogP contribution in [0.4, 0.5) is 0 Å². The van der Waals surface area contributed by atoms with Crippen molar-refractivity contribution in [3.05, 3.63) is 144 Å². The maximum absolute atomic E-state index is 2.99. The van der Waals surface area contributed by atoms with Gasteiger partial charge in [-0.05, 0) is 21.7 Å². The monoisotopic (exact) mass is 962 g/mol. The van der Waals surface area contributed by atoms with Gasteiger partial charge in [0.15, 0.2) is 0 Å². The van der Waals surface area contributed by atoms with Crippen molar-refractivity contribution in [3.63, 3.8) is 0 Å². The van der Waals surface area contributed by atoms with Crippen molar-refractivity contribution >= 4 is 69.9 Å². The predicted molar refractivity (Wildman–Crippen MR) is 235 cm³/mol. The fourth-order valence-corrected chi connectivity index (χ4v) is 7.87. The first-order chi connectivity index (χ1) is 23.1. The standard InChI is InChI=1S/C29H41.C13H8I2.C5H5.Zr/c1-26(2,3)22-14-18-13-19-15-23(27(4,5)6)25(29(10,11)12)17-21(19)20(18)16-24(22)28(7,8)9;14-12-5-1-10(2-6-12)9-11-3-7-13(15)8-4-11;1-2-4-5-3-1;/h13-17H,1-12H3;1-8H;1-3H,4H2;/q-1;;-1;+2. The Kier molecular flexibility index (Phi) is 13.4. The molecule has 0 atom stereocenters. The summed E-state index contributed by atoms with van der Waals surface area (Å²) < 4.78 is 3.99. The topological polar surface area (TPSA) is 0 Å². The van der Waals surface area contributed by atoms with E-state index in [1.54, 1.807) is 0 Å². The van der Waals surface area contributed by atoms with Crippen LogP contribution in [0.5, 0.6) is 0 Å². The molecule has 260 valence electrons. The van der Waals surface area contributed by atoms with E-state index in [2.05, 4.69) is 219 Å². The summed E-state index contributed by atoms with van der Waals surface area (Å²) >= 11 is 6.13. The minimum absolute atomic E-state index is 0.124. The molecule has 50 heavy (non-hydrogen) atoms. The number of rotatable bonds is 2. The van der Waals surface area contributed by atoms with Gasteiger partial charge in [-0.15, -0.1) is 46.2 Å². The summed E-state index contributed by atoms with van der Waals surface area (Å²) in [5.41, 5.74) is 9.07. The number of fused-ring (bicyclic) bond motifs is 3. The van der Waals surface area contributed by atoms with E-state index in [1.165, 1.54) is 89.5 Å². The van der Waals surface area contributed by atoms with Gasteiger partial charge >= 0.3 is 139 Å². The van der Waals surface area contributed by atoms with E-state index < -0.39 is 0 Å². The second-order valence-corrected chi connectivity index (χ2v) is 21.2. The Labute approximate surface area is 345 Å². The van der Waals surface area contributed by atoms with Crippen LogP contribution in [0.15, 0.2) is 97.1 Å². The van der Waals surface area contributed by atoms with Crippen molar-refractivity contribution in [2.45, 2.75) is 111 Å². The van der Waals surface area contributed by atoms with Crippen molar-refractivity contribution in [2.24, 2.45) is 0 Å². The molecular formula is C47H54I2Zr. The summed E-state index contributed by atoms with van der Waals surface area (Å²) in [4.78, 5) is 0. The number of halogens is 2. The van der Waals surface area contributed by atoms with Crippen LogP contribution >= 0.6 is 45.2 Å². The normalized spacial score (nSPS) is 13.3. The van der Waals surface area contributed by atoms with Crippen LogP contribution in [0.25, 0.3) is 21.5 Å². The van der Waals surface area contributed by atoms with E-state index >= 15 is 0 Å². The third-order valence-electron chi connectivity index (χ3n) is 9.06. The van der Waals surface area contributed by atoms with Gasteiger partial charge < -0.3 is 0 Å². The Hall–Kier alpha value is -1.56. The van der Waals surface area contributed by atoms with Gasteiger partial charge in [0, 0.05) is 0 Å². The van der Waals surface area contributed by atoms with Crippen LogP contribution in [0.1, 0.15) is 123 Å². The molecule has 0 nitrogen and oxygen atoms in total. The Bertz CT molecular complexity index is 1860. The molecule has 5 aromatic carbocycles. The molecule has 0 saturated heterocycles. The van der Waals surface area contributed by atoms with Crippen LogP contribution < -0.4 is 0 Å². The molecule has 0 bridgehead atoms. The molecule has 0 unspecified atom stereocenters. The zero-order valence-corrected chi connectivity index (χ0v) is 39.0. The first kappa shape index (κ1) is 41.2. The molecule has 0 amide bonds. The molecular weight excluding hydrogens is 910 g/mol. The number of benzene rings is 4. The summed E-state index contributed by atoms with van der Waals surface area (Å²) in [7, 11) is 0. The SMILES string of the molecule is CC(C)(C)c1cc2[cH-]c3cc(C(C)(C)C)c(C(C)(C)C)cc3c2cc1C(C)(C)C.[C-]1=CC=CC1.[Zr+2]=[C](c1ccc(I)cc1)c1ccc(I)cc1. The van der Waals surface area contributed by atoms with Gasteiger partial charge in [0.1, 0.15) is 0 Å². The molecule has 6 rings (SSSR count). The fraction of sp³-hybridized carbons (Fsp3) is 0.362. The van der Waals surface area contributed by atoms with Gasteiger partial charge in [0.25, 0.3) is 0 Å². The quantitative estimate of drug-likeness (QED) is 0.122. The maximum atomic E-state index is 2.99. The van der Waals surface area contributed by atoms with Gasteiger partial charge in [-0.2, -0.15) is 6.08 Å². The molecule has 0 fully saturated rings. The van der Waals surface area contributed by atoms with E-state index in [0.717, 1.165) is 6.42 Å². The van der Waals surface area contributed by atoms with Crippen molar-refractivity contribution in [3.8, 4) is 0 Å². The van der Waals surface area contributed by atoms with E-state index in [-0.39, 0.29) is 21.7 Å². The van der Waals surface area contributed by atoms with Crippen molar-refractivity contribution in [1.29, 1.82) is 0 Å². The second-order valence-electron chi connectivity index (χ2n) is 17.5. The summed E-state index contributed by atoms with van der Waals surface area (Å²) in [5.74, 6) is 0. The molecule has 0 aromatic heterocycles. The van der Waals surface area contributed by atoms with E-state index in [1.807, 2.05) is 12.2 Å². The van der Waals surface area contributed by atoms with Crippen LogP contribution in [0.3, 0.4) is 0 Å². The first-order valence-electron chi connectivity index (χ1n) is 17.6. The third kappa shape index (κ3) is 10.5. The van der Waals surface area contributed by atoms with Crippen molar-refractivity contribution in [2.75, 3.05) is 0 Å². The summed E-state index contributed by atoms with van der Waals surface area (Å²) in [5, 5.41) is 5.57. The van der Waals surface area contributed by atoms with Crippen molar-refractivity contribution in [1.82, 2.24) is 0 Å². The van der Waals surface area contributed by atoms with E-state index in [9.17, 15) is 0 Å². The van der Waals surface area contributed by atoms with E-state index in [0.29, 0.717) is 0 Å². The molecule has 1 aliphatic rings. The van der Waals surface area contributed by atoms with Crippen LogP contribution in [0, 0.1) is 13.2 Å². The van der Waals surface area contributed by atoms with Crippen molar-refractivity contribution < 1.29 is 24.2 Å². The molecule has 0 heterocycles. The average Bonchev–Trinajstić information content (AvgIpc) is 3.71. The Balaban J connectivity index is 0.000000221. The first-order valence-corrected chi connectivity index (χ1v) is 21.0. The minimum atomic E-state index is 0.124. The molecule has 0 N–H and O–H groups in total. The Morgan fingerprint density at radius 3 is 1.16 bits per heavy atom. The van der Waals surface area contributed by atoms with Crippen LogP contribution in [0.2, 0.25) is 0 Å².